The number of anilines is 1. The van der Waals surface area contributed by atoms with Crippen LogP contribution in [0.5, 0.6) is 0 Å². The number of amides is 2. The normalized spacial score (nSPS) is 15.2. The summed E-state index contributed by atoms with van der Waals surface area (Å²) in [5.74, 6) is 0.315. The van der Waals surface area contributed by atoms with Gasteiger partial charge < -0.3 is 14.6 Å². The minimum atomic E-state index is -0.546. The molecule has 0 unspecified atom stereocenters. The highest BCUT2D eigenvalue weighted by atomic mass is 16.6. The number of hydrogen-bond acceptors (Lipinski definition) is 5. The average Bonchev–Trinajstić information content (AvgIpc) is 3.05. The Bertz CT molecular complexity index is 708. The van der Waals surface area contributed by atoms with Crippen LogP contribution in [-0.4, -0.2) is 46.9 Å². The van der Waals surface area contributed by atoms with Crippen molar-refractivity contribution in [3.63, 3.8) is 0 Å². The first-order valence-electron chi connectivity index (χ1n) is 7.68. The fourth-order valence-corrected chi connectivity index (χ4v) is 2.60. The number of carbonyl (C=O) groups is 1. The number of para-hydroxylation sites is 1. The van der Waals surface area contributed by atoms with Gasteiger partial charge in [0.05, 0.1) is 12.6 Å². The topological polar surface area (TPSA) is 91.9 Å². The lowest BCUT2D eigenvalue weighted by Crippen LogP contribution is -2.49. The van der Waals surface area contributed by atoms with Crippen LogP contribution in [0.4, 0.5) is 16.4 Å². The van der Waals surface area contributed by atoms with E-state index in [4.69, 9.17) is 4.42 Å². The van der Waals surface area contributed by atoms with Crippen LogP contribution in [0, 0.1) is 10.1 Å². The standard InChI is InChI=1S/C16H18N4O4/c21-16(17-13-4-2-1-3-5-13)19-10-8-18(9-11-19)12-14-6-7-15(24-14)20(22)23/h1-7H,8-12H2,(H,17,21). The number of rotatable bonds is 4. The van der Waals surface area contributed by atoms with Crippen molar-refractivity contribution in [2.45, 2.75) is 6.54 Å². The molecule has 0 bridgehead atoms. The van der Waals surface area contributed by atoms with Gasteiger partial charge in [-0.2, -0.15) is 0 Å². The lowest BCUT2D eigenvalue weighted by molar-refractivity contribution is -0.402. The second kappa shape index (κ2) is 7.14. The predicted molar refractivity (Wildman–Crippen MR) is 87.7 cm³/mol. The number of nitro groups is 1. The van der Waals surface area contributed by atoms with Gasteiger partial charge in [-0.25, -0.2) is 4.79 Å². The summed E-state index contributed by atoms with van der Waals surface area (Å²) < 4.78 is 5.17. The van der Waals surface area contributed by atoms with Crippen LogP contribution >= 0.6 is 0 Å². The van der Waals surface area contributed by atoms with Crippen molar-refractivity contribution in [2.75, 3.05) is 31.5 Å². The minimum Gasteiger partial charge on any atom is -0.404 e. The van der Waals surface area contributed by atoms with Crippen LogP contribution in [0.3, 0.4) is 0 Å². The van der Waals surface area contributed by atoms with Crippen LogP contribution in [0.1, 0.15) is 5.76 Å². The quantitative estimate of drug-likeness (QED) is 0.687. The SMILES string of the molecule is O=C(Nc1ccccc1)N1CCN(Cc2ccc([N+](=O)[O-])o2)CC1. The molecule has 1 aliphatic heterocycles. The average molecular weight is 330 g/mol. The zero-order valence-electron chi connectivity index (χ0n) is 13.1. The van der Waals surface area contributed by atoms with E-state index in [0.29, 0.717) is 38.5 Å². The number of carbonyl (C=O) groups excluding carboxylic acids is 1. The first-order chi connectivity index (χ1) is 11.6. The summed E-state index contributed by atoms with van der Waals surface area (Å²) in [6.45, 7) is 3.08. The largest absolute Gasteiger partial charge is 0.433 e. The molecular formula is C16H18N4O4. The van der Waals surface area contributed by atoms with Crippen molar-refractivity contribution in [3.05, 3.63) is 58.3 Å². The number of piperazine rings is 1. The molecule has 2 heterocycles. The highest BCUT2D eigenvalue weighted by molar-refractivity contribution is 5.89. The molecule has 3 rings (SSSR count). The van der Waals surface area contributed by atoms with Crippen LogP contribution in [0.25, 0.3) is 0 Å². The molecule has 0 spiro atoms. The van der Waals surface area contributed by atoms with E-state index in [1.165, 1.54) is 6.07 Å². The summed E-state index contributed by atoms with van der Waals surface area (Å²) in [6, 6.07) is 12.2. The van der Waals surface area contributed by atoms with E-state index in [1.54, 1.807) is 11.0 Å². The Morgan fingerprint density at radius 2 is 1.83 bits per heavy atom. The molecule has 0 aliphatic carbocycles. The third-order valence-corrected chi connectivity index (χ3v) is 3.89. The van der Waals surface area contributed by atoms with E-state index < -0.39 is 4.92 Å². The third-order valence-electron chi connectivity index (χ3n) is 3.89. The molecule has 8 heteroatoms. The Morgan fingerprint density at radius 3 is 2.46 bits per heavy atom. The lowest BCUT2D eigenvalue weighted by Gasteiger charge is -2.34. The number of hydrogen-bond donors (Lipinski definition) is 1. The van der Waals surface area contributed by atoms with Gasteiger partial charge in [-0.15, -0.1) is 0 Å². The Balaban J connectivity index is 1.48. The van der Waals surface area contributed by atoms with Crippen LogP contribution in [0.15, 0.2) is 46.9 Å². The first-order valence-corrected chi connectivity index (χ1v) is 7.68. The molecule has 1 N–H and O–H groups in total. The molecule has 1 aromatic heterocycles. The highest BCUT2D eigenvalue weighted by Crippen LogP contribution is 2.18. The smallest absolute Gasteiger partial charge is 0.404 e. The zero-order chi connectivity index (χ0) is 16.9. The van der Waals surface area contributed by atoms with Gasteiger partial charge in [-0.1, -0.05) is 18.2 Å². The molecule has 0 radical (unpaired) electrons. The number of urea groups is 1. The van der Waals surface area contributed by atoms with E-state index >= 15 is 0 Å². The molecule has 126 valence electrons. The number of benzene rings is 1. The van der Waals surface area contributed by atoms with Gasteiger partial charge in [0.15, 0.2) is 0 Å². The fourth-order valence-electron chi connectivity index (χ4n) is 2.60. The van der Waals surface area contributed by atoms with E-state index in [9.17, 15) is 14.9 Å². The zero-order valence-corrected chi connectivity index (χ0v) is 13.1. The Kier molecular flexibility index (Phi) is 4.76. The maximum absolute atomic E-state index is 12.2. The van der Waals surface area contributed by atoms with Crippen LogP contribution < -0.4 is 5.32 Å². The van der Waals surface area contributed by atoms with Gasteiger partial charge in [-0.05, 0) is 18.2 Å². The van der Waals surface area contributed by atoms with Crippen molar-refractivity contribution in [3.8, 4) is 0 Å². The summed E-state index contributed by atoms with van der Waals surface area (Å²) in [6.07, 6.45) is 0. The summed E-state index contributed by atoms with van der Waals surface area (Å²) in [7, 11) is 0. The number of nitrogens with one attached hydrogen (secondary N) is 1. The van der Waals surface area contributed by atoms with Crippen molar-refractivity contribution in [2.24, 2.45) is 0 Å². The molecular weight excluding hydrogens is 312 g/mol. The highest BCUT2D eigenvalue weighted by Gasteiger charge is 2.22. The molecule has 24 heavy (non-hydrogen) atoms. The third kappa shape index (κ3) is 3.90. The summed E-state index contributed by atoms with van der Waals surface area (Å²) in [5, 5.41) is 13.5. The molecule has 8 nitrogen and oxygen atoms in total. The lowest BCUT2D eigenvalue weighted by atomic mass is 10.3. The van der Waals surface area contributed by atoms with Gasteiger partial charge in [-0.3, -0.25) is 15.0 Å². The van der Waals surface area contributed by atoms with Crippen molar-refractivity contribution >= 4 is 17.6 Å². The maximum atomic E-state index is 12.2. The van der Waals surface area contributed by atoms with Gasteiger partial charge in [0.1, 0.15) is 10.7 Å². The minimum absolute atomic E-state index is 0.116. The fraction of sp³-hybridized carbons (Fsp3) is 0.312. The van der Waals surface area contributed by atoms with Gasteiger partial charge in [0, 0.05) is 31.9 Å². The molecule has 2 amide bonds. The predicted octanol–water partition coefficient (Wildman–Crippen LogP) is 2.54. The van der Waals surface area contributed by atoms with E-state index in [0.717, 1.165) is 5.69 Å². The van der Waals surface area contributed by atoms with E-state index in [2.05, 4.69) is 10.2 Å². The van der Waals surface area contributed by atoms with Gasteiger partial charge >= 0.3 is 11.9 Å². The van der Waals surface area contributed by atoms with Gasteiger partial charge in [0.25, 0.3) is 0 Å². The summed E-state index contributed by atoms with van der Waals surface area (Å²) in [5.41, 5.74) is 0.771. The molecule has 1 saturated heterocycles. The Labute approximate surface area is 138 Å². The van der Waals surface area contributed by atoms with Crippen molar-refractivity contribution in [1.82, 2.24) is 9.80 Å². The molecule has 1 aliphatic rings. The molecule has 1 aromatic carbocycles. The Hall–Kier alpha value is -2.87. The maximum Gasteiger partial charge on any atom is 0.433 e. The monoisotopic (exact) mass is 330 g/mol. The van der Waals surface area contributed by atoms with E-state index in [-0.39, 0.29) is 11.9 Å². The first kappa shape index (κ1) is 16.0. The number of furan rings is 1. The van der Waals surface area contributed by atoms with Crippen molar-refractivity contribution < 1.29 is 14.1 Å². The second-order valence-electron chi connectivity index (χ2n) is 5.56. The summed E-state index contributed by atoms with van der Waals surface area (Å²) in [4.78, 5) is 26.2. The van der Waals surface area contributed by atoms with E-state index in [1.807, 2.05) is 30.3 Å². The molecule has 2 aromatic rings. The van der Waals surface area contributed by atoms with Gasteiger partial charge in [0.2, 0.25) is 0 Å². The molecule has 1 fully saturated rings. The summed E-state index contributed by atoms with van der Waals surface area (Å²) >= 11 is 0. The Morgan fingerprint density at radius 1 is 1.12 bits per heavy atom. The van der Waals surface area contributed by atoms with Crippen LogP contribution in [-0.2, 0) is 6.54 Å². The van der Waals surface area contributed by atoms with Crippen LogP contribution in [0.2, 0.25) is 0 Å². The molecule has 0 atom stereocenters. The van der Waals surface area contributed by atoms with Crippen molar-refractivity contribution in [1.29, 1.82) is 0 Å². The molecule has 0 saturated carbocycles. The number of nitrogens with zero attached hydrogens (tertiary/aromatic N) is 3. The second-order valence-corrected chi connectivity index (χ2v) is 5.56.